The Bertz CT molecular complexity index is 347. The van der Waals surface area contributed by atoms with Crippen LogP contribution in [0, 0.1) is 16.0 Å². The van der Waals surface area contributed by atoms with E-state index < -0.39 is 4.92 Å². The van der Waals surface area contributed by atoms with Crippen LogP contribution in [0.4, 0.5) is 5.69 Å². The lowest BCUT2D eigenvalue weighted by atomic mass is 10.0. The second-order valence-electron chi connectivity index (χ2n) is 3.68. The van der Waals surface area contributed by atoms with Gasteiger partial charge in [0.25, 0.3) is 0 Å². The maximum Gasteiger partial charge on any atom is 0.310 e. The Balaban J connectivity index is 2.94. The topological polar surface area (TPSA) is 63.4 Å². The summed E-state index contributed by atoms with van der Waals surface area (Å²) in [4.78, 5) is 9.81. The van der Waals surface area contributed by atoms with Crippen molar-refractivity contribution in [2.24, 2.45) is 5.92 Å². The zero-order valence-corrected chi connectivity index (χ0v) is 8.23. The number of nitrogens with zero attached hydrogens (tertiary/aromatic N) is 1. The van der Waals surface area contributed by atoms with Crippen LogP contribution < -0.4 is 0 Å². The lowest BCUT2D eigenvalue weighted by Gasteiger charge is -2.04. The molecule has 14 heavy (non-hydrogen) atoms. The molecule has 0 aliphatic rings. The Morgan fingerprint density at radius 3 is 2.57 bits per heavy atom. The van der Waals surface area contributed by atoms with Gasteiger partial charge in [-0.2, -0.15) is 0 Å². The van der Waals surface area contributed by atoms with Crippen LogP contribution in [-0.4, -0.2) is 10.0 Å². The van der Waals surface area contributed by atoms with Crippen molar-refractivity contribution in [3.63, 3.8) is 0 Å². The summed E-state index contributed by atoms with van der Waals surface area (Å²) in [5.74, 6) is 0.212. The summed E-state index contributed by atoms with van der Waals surface area (Å²) in [6.45, 7) is 4.11. The summed E-state index contributed by atoms with van der Waals surface area (Å²) < 4.78 is 0. The standard InChI is InChI=1S/C10H13NO3/c1-7(2)5-8-3-4-9(11(13)14)10(12)6-8/h3-4,6-7,12H,5H2,1-2H3. The molecule has 1 N–H and O–H groups in total. The number of phenols is 1. The molecule has 0 aliphatic carbocycles. The molecule has 0 aromatic heterocycles. The van der Waals surface area contributed by atoms with Crippen molar-refractivity contribution in [2.45, 2.75) is 20.3 Å². The quantitative estimate of drug-likeness (QED) is 0.595. The van der Waals surface area contributed by atoms with Gasteiger partial charge >= 0.3 is 5.69 Å². The van der Waals surface area contributed by atoms with E-state index in [1.165, 1.54) is 12.1 Å². The highest BCUT2D eigenvalue weighted by Gasteiger charge is 2.12. The van der Waals surface area contributed by atoms with Crippen LogP contribution in [0.1, 0.15) is 19.4 Å². The maximum atomic E-state index is 10.4. The van der Waals surface area contributed by atoms with Crippen LogP contribution in [0.3, 0.4) is 0 Å². The van der Waals surface area contributed by atoms with Gasteiger partial charge in [-0.05, 0) is 24.0 Å². The van der Waals surface area contributed by atoms with E-state index in [9.17, 15) is 15.2 Å². The Morgan fingerprint density at radius 1 is 1.50 bits per heavy atom. The van der Waals surface area contributed by atoms with E-state index in [1.807, 2.05) is 0 Å². The first-order valence-electron chi connectivity index (χ1n) is 4.47. The van der Waals surface area contributed by atoms with Gasteiger partial charge in [-0.15, -0.1) is 0 Å². The molecular weight excluding hydrogens is 182 g/mol. The summed E-state index contributed by atoms with van der Waals surface area (Å²) in [6, 6.07) is 4.48. The van der Waals surface area contributed by atoms with Crippen molar-refractivity contribution in [1.29, 1.82) is 0 Å². The smallest absolute Gasteiger partial charge is 0.310 e. The number of nitro benzene ring substituents is 1. The van der Waals surface area contributed by atoms with Crippen LogP contribution in [-0.2, 0) is 6.42 Å². The predicted molar refractivity (Wildman–Crippen MR) is 53.3 cm³/mol. The molecule has 0 aliphatic heterocycles. The lowest BCUT2D eigenvalue weighted by molar-refractivity contribution is -0.385. The third-order valence-corrected chi connectivity index (χ3v) is 1.88. The van der Waals surface area contributed by atoms with Gasteiger partial charge < -0.3 is 5.11 Å². The Labute approximate surface area is 82.3 Å². The zero-order chi connectivity index (χ0) is 10.7. The molecule has 0 amide bonds. The number of benzene rings is 1. The van der Waals surface area contributed by atoms with Crippen LogP contribution in [0.2, 0.25) is 0 Å². The van der Waals surface area contributed by atoms with Crippen LogP contribution in [0.15, 0.2) is 18.2 Å². The van der Waals surface area contributed by atoms with Crippen LogP contribution in [0.5, 0.6) is 5.75 Å². The Kier molecular flexibility index (Phi) is 3.06. The SMILES string of the molecule is CC(C)Cc1ccc([N+](=O)[O-])c(O)c1. The van der Waals surface area contributed by atoms with Crippen LogP contribution >= 0.6 is 0 Å². The Morgan fingerprint density at radius 2 is 2.14 bits per heavy atom. The molecule has 0 bridgehead atoms. The molecule has 0 saturated heterocycles. The van der Waals surface area contributed by atoms with Crippen molar-refractivity contribution in [1.82, 2.24) is 0 Å². The number of phenolic OH excluding ortho intramolecular Hbond substituents is 1. The fraction of sp³-hybridized carbons (Fsp3) is 0.400. The highest BCUT2D eigenvalue weighted by atomic mass is 16.6. The van der Waals surface area contributed by atoms with Crippen molar-refractivity contribution in [3.8, 4) is 5.75 Å². The molecule has 0 heterocycles. The third kappa shape index (κ3) is 2.45. The minimum absolute atomic E-state index is 0.238. The molecule has 0 radical (unpaired) electrons. The molecule has 0 saturated carbocycles. The number of hydrogen-bond acceptors (Lipinski definition) is 3. The largest absolute Gasteiger partial charge is 0.502 e. The number of nitro groups is 1. The highest BCUT2D eigenvalue weighted by molar-refractivity contribution is 5.47. The first-order chi connectivity index (χ1) is 6.50. The number of aromatic hydroxyl groups is 1. The average Bonchev–Trinajstić information content (AvgIpc) is 2.01. The zero-order valence-electron chi connectivity index (χ0n) is 8.23. The molecular formula is C10H13NO3. The van der Waals surface area contributed by atoms with Gasteiger partial charge in [0, 0.05) is 6.07 Å². The fourth-order valence-corrected chi connectivity index (χ4v) is 1.32. The first-order valence-corrected chi connectivity index (χ1v) is 4.47. The van der Waals surface area contributed by atoms with E-state index in [0.29, 0.717) is 5.92 Å². The van der Waals surface area contributed by atoms with Crippen molar-refractivity contribution in [2.75, 3.05) is 0 Å². The van der Waals surface area contributed by atoms with E-state index in [4.69, 9.17) is 0 Å². The summed E-state index contributed by atoms with van der Waals surface area (Å²) in [5, 5.41) is 19.7. The molecule has 0 atom stereocenters. The van der Waals surface area contributed by atoms with E-state index >= 15 is 0 Å². The predicted octanol–water partition coefficient (Wildman–Crippen LogP) is 2.50. The highest BCUT2D eigenvalue weighted by Crippen LogP contribution is 2.27. The van der Waals surface area contributed by atoms with Gasteiger partial charge in [0.2, 0.25) is 0 Å². The summed E-state index contributed by atoms with van der Waals surface area (Å²) in [6.07, 6.45) is 0.811. The van der Waals surface area contributed by atoms with Gasteiger partial charge in [0.15, 0.2) is 5.75 Å². The minimum Gasteiger partial charge on any atom is -0.502 e. The lowest BCUT2D eigenvalue weighted by Crippen LogP contribution is -1.95. The van der Waals surface area contributed by atoms with E-state index in [0.717, 1.165) is 12.0 Å². The summed E-state index contributed by atoms with van der Waals surface area (Å²) >= 11 is 0. The molecule has 0 fully saturated rings. The first kappa shape index (κ1) is 10.5. The van der Waals surface area contributed by atoms with E-state index in [-0.39, 0.29) is 11.4 Å². The number of rotatable bonds is 3. The normalized spacial score (nSPS) is 10.5. The maximum absolute atomic E-state index is 10.4. The molecule has 4 heteroatoms. The fourth-order valence-electron chi connectivity index (χ4n) is 1.32. The second kappa shape index (κ2) is 4.09. The third-order valence-electron chi connectivity index (χ3n) is 1.88. The minimum atomic E-state index is -0.589. The van der Waals surface area contributed by atoms with Crippen molar-refractivity contribution >= 4 is 5.69 Å². The van der Waals surface area contributed by atoms with Gasteiger partial charge in [0.1, 0.15) is 0 Å². The second-order valence-corrected chi connectivity index (χ2v) is 3.68. The van der Waals surface area contributed by atoms with E-state index in [1.54, 1.807) is 6.07 Å². The van der Waals surface area contributed by atoms with Gasteiger partial charge in [-0.25, -0.2) is 0 Å². The molecule has 76 valence electrons. The average molecular weight is 195 g/mol. The number of hydrogen-bond donors (Lipinski definition) is 1. The Hall–Kier alpha value is -1.58. The molecule has 1 rings (SSSR count). The van der Waals surface area contributed by atoms with Gasteiger partial charge in [-0.1, -0.05) is 19.9 Å². The monoisotopic (exact) mass is 195 g/mol. The molecule has 4 nitrogen and oxygen atoms in total. The van der Waals surface area contributed by atoms with E-state index in [2.05, 4.69) is 13.8 Å². The summed E-state index contributed by atoms with van der Waals surface area (Å²) in [5.41, 5.74) is 0.681. The summed E-state index contributed by atoms with van der Waals surface area (Å²) in [7, 11) is 0. The molecule has 0 spiro atoms. The van der Waals surface area contributed by atoms with Gasteiger partial charge in [-0.3, -0.25) is 10.1 Å². The van der Waals surface area contributed by atoms with Crippen molar-refractivity contribution in [3.05, 3.63) is 33.9 Å². The molecule has 1 aromatic rings. The van der Waals surface area contributed by atoms with Gasteiger partial charge in [0.05, 0.1) is 4.92 Å². The molecule has 0 unspecified atom stereocenters. The van der Waals surface area contributed by atoms with Crippen LogP contribution in [0.25, 0.3) is 0 Å². The van der Waals surface area contributed by atoms with Crippen molar-refractivity contribution < 1.29 is 10.0 Å². The molecule has 1 aromatic carbocycles.